The number of aliphatic hydroxyl groups is 2. The molecule has 0 aromatic carbocycles. The van der Waals surface area contributed by atoms with Crippen LogP contribution in [0.25, 0.3) is 0 Å². The van der Waals surface area contributed by atoms with Crippen molar-refractivity contribution in [1.29, 1.82) is 0 Å². The first-order chi connectivity index (χ1) is 5.00. The summed E-state index contributed by atoms with van der Waals surface area (Å²) in [7, 11) is 0. The Hall–Kier alpha value is -0.790. The molecule has 11 heavy (non-hydrogen) atoms. The number of carboxylic acid groups (broad SMARTS) is 1. The Morgan fingerprint density at radius 2 is 1.73 bits per heavy atom. The van der Waals surface area contributed by atoms with E-state index < -0.39 is 24.1 Å². The predicted molar refractivity (Wildman–Crippen MR) is 34.7 cm³/mol. The highest BCUT2D eigenvalue weighted by Gasteiger charge is 2.30. The summed E-state index contributed by atoms with van der Waals surface area (Å²) in [6.07, 6.45) is -4.29. The lowest BCUT2D eigenvalue weighted by Gasteiger charge is -2.09. The fraction of sp³-hybridized carbons (Fsp3) is 0.500. The summed E-state index contributed by atoms with van der Waals surface area (Å²) in [5.41, 5.74) is 0. The van der Waals surface area contributed by atoms with Crippen molar-refractivity contribution in [3.05, 3.63) is 0 Å². The summed E-state index contributed by atoms with van der Waals surface area (Å²) >= 11 is 3.00. The molecule has 2 unspecified atom stereocenters. The summed E-state index contributed by atoms with van der Waals surface area (Å²) in [6, 6.07) is 0. The van der Waals surface area contributed by atoms with Gasteiger partial charge in [-0.1, -0.05) is 0 Å². The number of aliphatic carboxylic acids is 1. The monoisotopic (exact) mass is 182 g/mol. The van der Waals surface area contributed by atoms with E-state index in [0.29, 0.717) is 0 Å². The first kappa shape index (κ1) is 10.2. The van der Waals surface area contributed by atoms with E-state index >= 15 is 0 Å². The van der Waals surface area contributed by atoms with Crippen LogP contribution < -0.4 is 0 Å². The van der Waals surface area contributed by atoms with Crippen LogP contribution in [-0.4, -0.2) is 39.5 Å². The quantitative estimate of drug-likeness (QED) is 0.302. The Kier molecular flexibility index (Phi) is 3.86. The van der Waals surface area contributed by atoms with Crippen LogP contribution in [0.5, 0.6) is 0 Å². The van der Waals surface area contributed by atoms with E-state index in [0.717, 1.165) is 0 Å². The van der Waals surface area contributed by atoms with Crippen LogP contribution in [0.3, 0.4) is 0 Å². The van der Waals surface area contributed by atoms with Crippen LogP contribution in [0, 0.1) is 0 Å². The van der Waals surface area contributed by atoms with Crippen LogP contribution >= 0.6 is 12.9 Å². The zero-order chi connectivity index (χ0) is 9.02. The molecule has 0 bridgehead atoms. The van der Waals surface area contributed by atoms with Crippen LogP contribution in [0.15, 0.2) is 0 Å². The lowest BCUT2D eigenvalue weighted by molar-refractivity contribution is -0.163. The molecule has 6 nitrogen and oxygen atoms in total. The number of carboxylic acids is 1. The molecule has 0 aliphatic rings. The molecule has 2 atom stereocenters. The summed E-state index contributed by atoms with van der Waals surface area (Å²) in [5, 5.41) is 25.2. The molecule has 0 rings (SSSR count). The van der Waals surface area contributed by atoms with Gasteiger partial charge >= 0.3 is 11.9 Å². The maximum Gasteiger partial charge on any atom is 0.350 e. The van der Waals surface area contributed by atoms with Crippen molar-refractivity contribution in [3.8, 4) is 0 Å². The van der Waals surface area contributed by atoms with Crippen LogP contribution in [-0.2, 0) is 13.8 Å². The molecule has 7 heteroatoms. The second kappa shape index (κ2) is 4.16. The SMILES string of the molecule is O=C(O)C(O)C(O)C(=O)OS. The van der Waals surface area contributed by atoms with E-state index in [2.05, 4.69) is 17.1 Å². The third-order valence-corrected chi connectivity index (χ3v) is 1.06. The average molecular weight is 182 g/mol. The Labute approximate surface area is 67.0 Å². The van der Waals surface area contributed by atoms with Crippen molar-refractivity contribution >= 4 is 24.8 Å². The van der Waals surface area contributed by atoms with E-state index in [1.807, 2.05) is 0 Å². The molecule has 0 saturated heterocycles. The molecular weight excluding hydrogens is 176 g/mol. The first-order valence-electron chi connectivity index (χ1n) is 2.45. The van der Waals surface area contributed by atoms with Gasteiger partial charge in [0.05, 0.1) is 0 Å². The smallest absolute Gasteiger partial charge is 0.350 e. The Morgan fingerprint density at radius 1 is 1.27 bits per heavy atom. The zero-order valence-electron chi connectivity index (χ0n) is 5.17. The lowest BCUT2D eigenvalue weighted by atomic mass is 10.2. The Balaban J connectivity index is 4.12. The van der Waals surface area contributed by atoms with Gasteiger partial charge in [-0.25, -0.2) is 9.59 Å². The third kappa shape index (κ3) is 2.74. The van der Waals surface area contributed by atoms with Crippen LogP contribution in [0.4, 0.5) is 0 Å². The summed E-state index contributed by atoms with van der Waals surface area (Å²) < 4.78 is 3.67. The van der Waals surface area contributed by atoms with E-state index in [-0.39, 0.29) is 0 Å². The van der Waals surface area contributed by atoms with E-state index in [1.165, 1.54) is 0 Å². The highest BCUT2D eigenvalue weighted by molar-refractivity contribution is 7.75. The van der Waals surface area contributed by atoms with Gasteiger partial charge in [-0.05, 0) is 0 Å². The van der Waals surface area contributed by atoms with Crippen molar-refractivity contribution in [3.63, 3.8) is 0 Å². The second-order valence-electron chi connectivity index (χ2n) is 1.64. The van der Waals surface area contributed by atoms with Gasteiger partial charge in [-0.15, -0.1) is 0 Å². The minimum absolute atomic E-state index is 1.32. The highest BCUT2D eigenvalue weighted by atomic mass is 32.1. The van der Waals surface area contributed by atoms with E-state index in [9.17, 15) is 9.59 Å². The van der Waals surface area contributed by atoms with Gasteiger partial charge in [0.1, 0.15) is 0 Å². The van der Waals surface area contributed by atoms with Gasteiger partial charge in [0.2, 0.25) is 0 Å². The number of rotatable bonds is 3. The first-order valence-corrected chi connectivity index (χ1v) is 2.81. The van der Waals surface area contributed by atoms with Gasteiger partial charge in [0, 0.05) is 12.9 Å². The summed E-state index contributed by atoms with van der Waals surface area (Å²) in [5.74, 6) is -3.03. The number of aliphatic hydroxyl groups excluding tert-OH is 2. The third-order valence-electron chi connectivity index (χ3n) is 0.884. The minimum atomic E-state index is -2.19. The Morgan fingerprint density at radius 3 is 2.00 bits per heavy atom. The topological polar surface area (TPSA) is 104 Å². The fourth-order valence-corrected chi connectivity index (χ4v) is 0.426. The van der Waals surface area contributed by atoms with Gasteiger partial charge < -0.3 is 19.5 Å². The molecular formula is C4H6O6S. The molecule has 3 N–H and O–H groups in total. The normalized spacial score (nSPS) is 15.2. The molecule has 0 spiro atoms. The van der Waals surface area contributed by atoms with E-state index in [1.54, 1.807) is 0 Å². The molecule has 0 heterocycles. The molecule has 0 aliphatic heterocycles. The van der Waals surface area contributed by atoms with Crippen LogP contribution in [0.1, 0.15) is 0 Å². The van der Waals surface area contributed by atoms with Gasteiger partial charge in [0.15, 0.2) is 12.2 Å². The van der Waals surface area contributed by atoms with Crippen molar-refractivity contribution in [2.45, 2.75) is 12.2 Å². The average Bonchev–Trinajstić information content (AvgIpc) is 2.00. The molecule has 0 aromatic rings. The standard InChI is InChI=1S/C4H6O6S/c5-1(3(7)8)2(6)4(9)10-11/h1-2,5-6,11H,(H,7,8). The van der Waals surface area contributed by atoms with Gasteiger partial charge in [-0.3, -0.25) is 0 Å². The molecule has 0 fully saturated rings. The molecule has 0 radical (unpaired) electrons. The second-order valence-corrected chi connectivity index (χ2v) is 1.82. The van der Waals surface area contributed by atoms with E-state index in [4.69, 9.17) is 15.3 Å². The molecule has 0 aliphatic carbocycles. The molecule has 0 amide bonds. The molecule has 64 valence electrons. The molecule has 0 saturated carbocycles. The van der Waals surface area contributed by atoms with Gasteiger partial charge in [0.25, 0.3) is 0 Å². The number of hydrogen-bond acceptors (Lipinski definition) is 6. The lowest BCUT2D eigenvalue weighted by Crippen LogP contribution is -2.39. The maximum atomic E-state index is 10.3. The Bertz CT molecular complexity index is 168. The van der Waals surface area contributed by atoms with Gasteiger partial charge in [-0.2, -0.15) is 0 Å². The largest absolute Gasteiger partial charge is 0.479 e. The molecule has 0 aromatic heterocycles. The zero-order valence-corrected chi connectivity index (χ0v) is 6.06. The fourth-order valence-electron chi connectivity index (χ4n) is 0.318. The minimum Gasteiger partial charge on any atom is -0.479 e. The maximum absolute atomic E-state index is 10.3. The van der Waals surface area contributed by atoms with Crippen molar-refractivity contribution in [2.75, 3.05) is 0 Å². The number of carbonyl (C=O) groups excluding carboxylic acids is 1. The predicted octanol–water partition coefficient (Wildman–Crippen LogP) is -1.82. The number of carbonyl (C=O) groups is 2. The van der Waals surface area contributed by atoms with Crippen molar-refractivity contribution < 1.29 is 29.1 Å². The van der Waals surface area contributed by atoms with Crippen LogP contribution in [0.2, 0.25) is 0 Å². The van der Waals surface area contributed by atoms with Crippen molar-refractivity contribution in [2.24, 2.45) is 0 Å². The number of thiol groups is 1. The van der Waals surface area contributed by atoms with Crippen molar-refractivity contribution in [1.82, 2.24) is 0 Å². The number of hydrogen-bond donors (Lipinski definition) is 4. The summed E-state index contributed by atoms with van der Waals surface area (Å²) in [4.78, 5) is 20.2. The summed E-state index contributed by atoms with van der Waals surface area (Å²) in [6.45, 7) is 0. The highest BCUT2D eigenvalue weighted by Crippen LogP contribution is 1.97.